The first-order valence-electron chi connectivity index (χ1n) is 5.15. The second-order valence-electron chi connectivity index (χ2n) is 3.62. The molecule has 1 aliphatic heterocycles. The number of carbonyl (C=O) groups excluding carboxylic acids is 3. The van der Waals surface area contributed by atoms with Crippen LogP contribution in [0.3, 0.4) is 0 Å². The lowest BCUT2D eigenvalue weighted by Crippen LogP contribution is -2.29. The normalized spacial score (nSPS) is 14.1. The first kappa shape index (κ1) is 11.8. The van der Waals surface area contributed by atoms with E-state index in [0.717, 1.165) is 4.90 Å². The third kappa shape index (κ3) is 2.37. The standard InChI is InChI=1S/C12H10N2O4/c13-12(17)18-7-8-2-1-3-9(6-8)14-10(15)4-5-11(14)16/h1-6H,7H2,(H2,13,17). The van der Waals surface area contributed by atoms with Gasteiger partial charge in [-0.25, -0.2) is 9.69 Å². The van der Waals surface area contributed by atoms with Crippen molar-refractivity contribution in [3.8, 4) is 0 Å². The van der Waals surface area contributed by atoms with Crippen molar-refractivity contribution in [3.63, 3.8) is 0 Å². The van der Waals surface area contributed by atoms with Crippen LogP contribution in [0.15, 0.2) is 36.4 Å². The van der Waals surface area contributed by atoms with Crippen LogP contribution in [-0.2, 0) is 20.9 Å². The summed E-state index contributed by atoms with van der Waals surface area (Å²) in [6.45, 7) is -0.00712. The van der Waals surface area contributed by atoms with Gasteiger partial charge in [-0.1, -0.05) is 12.1 Å². The Morgan fingerprint density at radius 1 is 1.22 bits per heavy atom. The van der Waals surface area contributed by atoms with Crippen LogP contribution in [0.2, 0.25) is 0 Å². The van der Waals surface area contributed by atoms with Crippen LogP contribution in [0.4, 0.5) is 10.5 Å². The number of primary amides is 1. The molecule has 3 amide bonds. The zero-order valence-corrected chi connectivity index (χ0v) is 9.33. The Labute approximate surface area is 103 Å². The molecule has 0 saturated carbocycles. The summed E-state index contributed by atoms with van der Waals surface area (Å²) < 4.78 is 4.63. The highest BCUT2D eigenvalue weighted by Gasteiger charge is 2.25. The lowest BCUT2D eigenvalue weighted by Gasteiger charge is -2.14. The first-order valence-corrected chi connectivity index (χ1v) is 5.15. The number of nitrogens with two attached hydrogens (primary N) is 1. The summed E-state index contributed by atoms with van der Waals surface area (Å²) >= 11 is 0. The minimum absolute atomic E-state index is 0.00712. The Morgan fingerprint density at radius 2 is 1.89 bits per heavy atom. The molecule has 0 unspecified atom stereocenters. The summed E-state index contributed by atoms with van der Waals surface area (Å²) in [6.07, 6.45) is 1.53. The van der Waals surface area contributed by atoms with Gasteiger partial charge in [-0.2, -0.15) is 0 Å². The minimum Gasteiger partial charge on any atom is -0.445 e. The average Bonchev–Trinajstić information content (AvgIpc) is 2.67. The monoisotopic (exact) mass is 246 g/mol. The first-order chi connectivity index (χ1) is 8.58. The Bertz CT molecular complexity index is 533. The fraction of sp³-hybridized carbons (Fsp3) is 0.0833. The van der Waals surface area contributed by atoms with Gasteiger partial charge in [0, 0.05) is 12.2 Å². The van der Waals surface area contributed by atoms with Crippen molar-refractivity contribution in [2.75, 3.05) is 4.90 Å². The zero-order valence-electron chi connectivity index (χ0n) is 9.33. The molecule has 6 nitrogen and oxygen atoms in total. The number of ether oxygens (including phenoxy) is 1. The number of carbonyl (C=O) groups is 3. The molecule has 0 aromatic heterocycles. The molecule has 0 radical (unpaired) electrons. The maximum absolute atomic E-state index is 11.5. The van der Waals surface area contributed by atoms with Crippen LogP contribution in [0.25, 0.3) is 0 Å². The van der Waals surface area contributed by atoms with Gasteiger partial charge in [-0.3, -0.25) is 9.59 Å². The van der Waals surface area contributed by atoms with Gasteiger partial charge in [-0.15, -0.1) is 0 Å². The third-order valence-corrected chi connectivity index (χ3v) is 2.36. The van der Waals surface area contributed by atoms with Gasteiger partial charge in [0.2, 0.25) is 0 Å². The van der Waals surface area contributed by atoms with Crippen molar-refractivity contribution in [2.24, 2.45) is 5.73 Å². The van der Waals surface area contributed by atoms with Crippen LogP contribution < -0.4 is 10.6 Å². The number of rotatable bonds is 3. The van der Waals surface area contributed by atoms with E-state index in [-0.39, 0.29) is 6.61 Å². The van der Waals surface area contributed by atoms with Crippen LogP contribution in [0.5, 0.6) is 0 Å². The van der Waals surface area contributed by atoms with Gasteiger partial charge >= 0.3 is 6.09 Å². The average molecular weight is 246 g/mol. The SMILES string of the molecule is NC(=O)OCc1cccc(N2C(=O)C=CC2=O)c1. The van der Waals surface area contributed by atoms with E-state index >= 15 is 0 Å². The maximum atomic E-state index is 11.5. The summed E-state index contributed by atoms with van der Waals surface area (Å²) in [4.78, 5) is 34.5. The summed E-state index contributed by atoms with van der Waals surface area (Å²) in [5.74, 6) is -0.791. The Kier molecular flexibility index (Phi) is 3.09. The number of nitrogens with zero attached hydrogens (tertiary/aromatic N) is 1. The topological polar surface area (TPSA) is 89.7 Å². The molecular formula is C12H10N2O4. The van der Waals surface area contributed by atoms with Crippen molar-refractivity contribution in [2.45, 2.75) is 6.61 Å². The molecule has 0 aliphatic carbocycles. The fourth-order valence-electron chi connectivity index (χ4n) is 1.59. The molecule has 0 saturated heterocycles. The fourth-order valence-corrected chi connectivity index (χ4v) is 1.59. The van der Waals surface area contributed by atoms with Crippen molar-refractivity contribution >= 4 is 23.6 Å². The molecule has 92 valence electrons. The Morgan fingerprint density at radius 3 is 2.50 bits per heavy atom. The van der Waals surface area contributed by atoms with Crippen LogP contribution in [0, 0.1) is 0 Å². The van der Waals surface area contributed by atoms with E-state index in [4.69, 9.17) is 5.73 Å². The molecule has 0 atom stereocenters. The predicted molar refractivity (Wildman–Crippen MR) is 62.4 cm³/mol. The van der Waals surface area contributed by atoms with Gasteiger partial charge in [0.25, 0.3) is 11.8 Å². The predicted octanol–water partition coefficient (Wildman–Crippen LogP) is 0.711. The maximum Gasteiger partial charge on any atom is 0.404 e. The van der Waals surface area contributed by atoms with Crippen molar-refractivity contribution < 1.29 is 19.1 Å². The van der Waals surface area contributed by atoms with E-state index in [1.54, 1.807) is 24.3 Å². The van der Waals surface area contributed by atoms with Gasteiger partial charge in [0.05, 0.1) is 5.69 Å². The molecule has 1 aromatic rings. The Hall–Kier alpha value is -2.63. The minimum atomic E-state index is -0.879. The zero-order chi connectivity index (χ0) is 13.1. The number of benzene rings is 1. The van der Waals surface area contributed by atoms with Crippen molar-refractivity contribution in [3.05, 3.63) is 42.0 Å². The lowest BCUT2D eigenvalue weighted by molar-refractivity contribution is -0.119. The second kappa shape index (κ2) is 4.70. The molecular weight excluding hydrogens is 236 g/mol. The molecule has 2 rings (SSSR count). The van der Waals surface area contributed by atoms with E-state index in [2.05, 4.69) is 4.74 Å². The summed E-state index contributed by atoms with van der Waals surface area (Å²) in [5, 5.41) is 0. The molecule has 1 heterocycles. The summed E-state index contributed by atoms with van der Waals surface area (Å²) in [7, 11) is 0. The molecule has 18 heavy (non-hydrogen) atoms. The molecule has 2 N–H and O–H groups in total. The quantitative estimate of drug-likeness (QED) is 0.795. The number of anilines is 1. The summed E-state index contributed by atoms with van der Waals surface area (Å²) in [5.41, 5.74) is 5.92. The second-order valence-corrected chi connectivity index (χ2v) is 3.62. The molecule has 0 fully saturated rings. The van der Waals surface area contributed by atoms with E-state index in [1.165, 1.54) is 12.2 Å². The number of hydrogen-bond donors (Lipinski definition) is 1. The molecule has 1 aliphatic rings. The molecule has 0 bridgehead atoms. The number of imide groups is 1. The van der Waals surface area contributed by atoms with E-state index < -0.39 is 17.9 Å². The van der Waals surface area contributed by atoms with Crippen LogP contribution in [0.1, 0.15) is 5.56 Å². The smallest absolute Gasteiger partial charge is 0.404 e. The highest BCUT2D eigenvalue weighted by atomic mass is 16.5. The van der Waals surface area contributed by atoms with E-state index in [0.29, 0.717) is 11.3 Å². The van der Waals surface area contributed by atoms with Crippen LogP contribution in [-0.4, -0.2) is 17.9 Å². The number of amides is 3. The lowest BCUT2D eigenvalue weighted by atomic mass is 10.2. The highest BCUT2D eigenvalue weighted by Crippen LogP contribution is 2.20. The number of hydrogen-bond acceptors (Lipinski definition) is 4. The largest absolute Gasteiger partial charge is 0.445 e. The van der Waals surface area contributed by atoms with Gasteiger partial charge in [-0.05, 0) is 17.7 Å². The van der Waals surface area contributed by atoms with Gasteiger partial charge in [0.1, 0.15) is 6.61 Å². The summed E-state index contributed by atoms with van der Waals surface area (Å²) in [6, 6.07) is 6.57. The Balaban J connectivity index is 2.19. The van der Waals surface area contributed by atoms with Crippen LogP contribution >= 0.6 is 0 Å². The third-order valence-electron chi connectivity index (χ3n) is 2.36. The van der Waals surface area contributed by atoms with E-state index in [9.17, 15) is 14.4 Å². The van der Waals surface area contributed by atoms with Crippen molar-refractivity contribution in [1.82, 2.24) is 0 Å². The van der Waals surface area contributed by atoms with E-state index in [1.807, 2.05) is 0 Å². The molecule has 1 aromatic carbocycles. The highest BCUT2D eigenvalue weighted by molar-refractivity contribution is 6.28. The van der Waals surface area contributed by atoms with Gasteiger partial charge < -0.3 is 10.5 Å². The molecule has 6 heteroatoms. The van der Waals surface area contributed by atoms with Crippen molar-refractivity contribution in [1.29, 1.82) is 0 Å². The van der Waals surface area contributed by atoms with Gasteiger partial charge in [0.15, 0.2) is 0 Å². The molecule has 0 spiro atoms.